The lowest BCUT2D eigenvalue weighted by molar-refractivity contribution is 0.303. The lowest BCUT2D eigenvalue weighted by Crippen LogP contribution is -2.04. The van der Waals surface area contributed by atoms with Gasteiger partial charge in [-0.15, -0.1) is 0 Å². The first-order chi connectivity index (χ1) is 12.9. The van der Waals surface area contributed by atoms with Gasteiger partial charge in [0.2, 0.25) is 0 Å². The predicted octanol–water partition coefficient (Wildman–Crippen LogP) is 8.14. The van der Waals surface area contributed by atoms with Crippen molar-refractivity contribution in [1.29, 1.82) is 0 Å². The maximum Gasteiger partial charge on any atom is 0.124 e. The van der Waals surface area contributed by atoms with E-state index in [2.05, 4.69) is 5.32 Å². The molecule has 0 bridgehead atoms. The summed E-state index contributed by atoms with van der Waals surface area (Å²) < 4.78 is 5.96. The van der Waals surface area contributed by atoms with Crippen LogP contribution in [0.2, 0.25) is 25.1 Å². The summed E-state index contributed by atoms with van der Waals surface area (Å²) in [6.45, 7) is 0.819. The van der Waals surface area contributed by atoms with Gasteiger partial charge in [0.25, 0.3) is 0 Å². The second-order valence-corrected chi connectivity index (χ2v) is 7.85. The number of halogens is 5. The highest BCUT2D eigenvalue weighted by Gasteiger charge is 2.08. The zero-order chi connectivity index (χ0) is 19.4. The third-order valence-corrected chi connectivity index (χ3v) is 5.38. The van der Waals surface area contributed by atoms with E-state index >= 15 is 0 Å². The van der Waals surface area contributed by atoms with E-state index in [-0.39, 0.29) is 0 Å². The number of hydrogen-bond donors (Lipinski definition) is 1. The van der Waals surface area contributed by atoms with E-state index in [1.54, 1.807) is 30.3 Å². The molecule has 3 aromatic rings. The lowest BCUT2D eigenvalue weighted by atomic mass is 10.2. The minimum absolute atomic E-state index is 0.317. The fourth-order valence-electron chi connectivity index (χ4n) is 2.42. The van der Waals surface area contributed by atoms with Crippen molar-refractivity contribution in [3.8, 4) is 5.75 Å². The van der Waals surface area contributed by atoms with Crippen LogP contribution >= 0.6 is 58.0 Å². The van der Waals surface area contributed by atoms with E-state index < -0.39 is 0 Å². The second-order valence-electron chi connectivity index (χ2n) is 5.76. The minimum atomic E-state index is 0.317. The van der Waals surface area contributed by atoms with Gasteiger partial charge in [-0.25, -0.2) is 0 Å². The van der Waals surface area contributed by atoms with Crippen LogP contribution < -0.4 is 10.1 Å². The molecule has 7 heteroatoms. The molecular weight excluding hydrogens is 447 g/mol. The van der Waals surface area contributed by atoms with Crippen LogP contribution in [0.25, 0.3) is 0 Å². The first-order valence-electron chi connectivity index (χ1n) is 7.96. The summed E-state index contributed by atoms with van der Waals surface area (Å²) in [4.78, 5) is 0. The number of anilines is 1. The Kier molecular flexibility index (Phi) is 7.02. The van der Waals surface area contributed by atoms with Crippen molar-refractivity contribution in [2.45, 2.75) is 13.2 Å². The zero-order valence-electron chi connectivity index (χ0n) is 13.9. The summed E-state index contributed by atoms with van der Waals surface area (Å²) in [6.07, 6.45) is 0. The van der Waals surface area contributed by atoms with Gasteiger partial charge < -0.3 is 10.1 Å². The number of hydrogen-bond acceptors (Lipinski definition) is 2. The second kappa shape index (κ2) is 9.27. The molecule has 0 saturated heterocycles. The minimum Gasteiger partial charge on any atom is -0.488 e. The summed E-state index contributed by atoms with van der Waals surface area (Å²) in [5, 5.41) is 6.05. The maximum absolute atomic E-state index is 6.21. The molecule has 140 valence electrons. The van der Waals surface area contributed by atoms with Crippen LogP contribution in [0.1, 0.15) is 11.1 Å². The Morgan fingerprint density at radius 2 is 1.41 bits per heavy atom. The number of rotatable bonds is 6. The van der Waals surface area contributed by atoms with Crippen molar-refractivity contribution in [3.05, 3.63) is 90.8 Å². The summed E-state index contributed by atoms with van der Waals surface area (Å²) in [7, 11) is 0. The molecule has 0 fully saturated rings. The highest BCUT2D eigenvalue weighted by Crippen LogP contribution is 2.29. The Labute approximate surface area is 182 Å². The molecule has 0 spiro atoms. The summed E-state index contributed by atoms with van der Waals surface area (Å²) in [5.41, 5.74) is 2.59. The molecule has 3 rings (SSSR count). The van der Waals surface area contributed by atoms with Gasteiger partial charge in [0.1, 0.15) is 12.4 Å². The standard InChI is InChI=1S/C20H14Cl5NO/c21-14-3-6-20(27-11-12-1-2-15(22)8-18(12)24)13(7-14)10-26-16-4-5-17(23)19(25)9-16/h1-9,26H,10-11H2. The number of ether oxygens (including phenoxy) is 1. The third kappa shape index (κ3) is 5.60. The highest BCUT2D eigenvalue weighted by atomic mass is 35.5. The van der Waals surface area contributed by atoms with Gasteiger partial charge in [0.05, 0.1) is 10.0 Å². The van der Waals surface area contributed by atoms with Crippen molar-refractivity contribution in [3.63, 3.8) is 0 Å². The molecule has 2 nitrogen and oxygen atoms in total. The topological polar surface area (TPSA) is 21.3 Å². The number of benzene rings is 3. The Bertz CT molecular complexity index is 961. The molecule has 0 aliphatic heterocycles. The third-order valence-electron chi connectivity index (χ3n) is 3.82. The van der Waals surface area contributed by atoms with Gasteiger partial charge >= 0.3 is 0 Å². The van der Waals surface area contributed by atoms with E-state index in [9.17, 15) is 0 Å². The highest BCUT2D eigenvalue weighted by molar-refractivity contribution is 6.42. The SMILES string of the molecule is Clc1ccc(COc2ccc(Cl)cc2CNc2ccc(Cl)c(Cl)c2)c(Cl)c1. The van der Waals surface area contributed by atoms with Crippen LogP contribution in [0.3, 0.4) is 0 Å². The van der Waals surface area contributed by atoms with Crippen LogP contribution in [0.4, 0.5) is 5.69 Å². The average Bonchev–Trinajstić information content (AvgIpc) is 2.63. The molecule has 3 aromatic carbocycles. The van der Waals surface area contributed by atoms with E-state index in [0.29, 0.717) is 44.0 Å². The van der Waals surface area contributed by atoms with Crippen LogP contribution in [0, 0.1) is 0 Å². The Balaban J connectivity index is 1.73. The molecule has 0 amide bonds. The normalized spacial score (nSPS) is 10.7. The summed E-state index contributed by atoms with van der Waals surface area (Å²) in [6, 6.07) is 16.1. The summed E-state index contributed by atoms with van der Waals surface area (Å²) in [5.74, 6) is 0.706. The quantitative estimate of drug-likeness (QED) is 0.400. The van der Waals surface area contributed by atoms with Crippen LogP contribution in [-0.2, 0) is 13.2 Å². The zero-order valence-corrected chi connectivity index (χ0v) is 17.7. The summed E-state index contributed by atoms with van der Waals surface area (Å²) >= 11 is 30.3. The van der Waals surface area contributed by atoms with Crippen molar-refractivity contribution >= 4 is 63.7 Å². The molecule has 0 radical (unpaired) electrons. The van der Waals surface area contributed by atoms with Gasteiger partial charge in [-0.2, -0.15) is 0 Å². The Hall–Kier alpha value is -1.29. The van der Waals surface area contributed by atoms with E-state index in [0.717, 1.165) is 16.8 Å². The number of nitrogens with one attached hydrogen (secondary N) is 1. The predicted molar refractivity (Wildman–Crippen MR) is 116 cm³/mol. The molecule has 1 N–H and O–H groups in total. The Morgan fingerprint density at radius 3 is 2.15 bits per heavy atom. The van der Waals surface area contributed by atoms with Gasteiger partial charge in [0, 0.05) is 38.4 Å². The van der Waals surface area contributed by atoms with Crippen molar-refractivity contribution in [2.75, 3.05) is 5.32 Å². The molecular formula is C20H14Cl5NO. The van der Waals surface area contributed by atoms with E-state index in [1.807, 2.05) is 24.3 Å². The van der Waals surface area contributed by atoms with Crippen LogP contribution in [-0.4, -0.2) is 0 Å². The molecule has 0 saturated carbocycles. The van der Waals surface area contributed by atoms with Crippen molar-refractivity contribution < 1.29 is 4.74 Å². The molecule has 0 unspecified atom stereocenters. The van der Waals surface area contributed by atoms with Crippen molar-refractivity contribution in [1.82, 2.24) is 0 Å². The smallest absolute Gasteiger partial charge is 0.124 e. The average molecular weight is 462 g/mol. The molecule has 0 atom stereocenters. The van der Waals surface area contributed by atoms with Crippen LogP contribution in [0.15, 0.2) is 54.6 Å². The molecule has 0 aliphatic rings. The van der Waals surface area contributed by atoms with Gasteiger partial charge in [-0.3, -0.25) is 0 Å². The van der Waals surface area contributed by atoms with Gasteiger partial charge in [0.15, 0.2) is 0 Å². The van der Waals surface area contributed by atoms with Gasteiger partial charge in [-0.05, 0) is 48.5 Å². The van der Waals surface area contributed by atoms with Crippen molar-refractivity contribution in [2.24, 2.45) is 0 Å². The van der Waals surface area contributed by atoms with E-state index in [1.165, 1.54) is 0 Å². The lowest BCUT2D eigenvalue weighted by Gasteiger charge is -2.14. The van der Waals surface area contributed by atoms with E-state index in [4.69, 9.17) is 62.7 Å². The largest absolute Gasteiger partial charge is 0.488 e. The first kappa shape index (κ1) is 20.4. The fraction of sp³-hybridized carbons (Fsp3) is 0.100. The van der Waals surface area contributed by atoms with Gasteiger partial charge in [-0.1, -0.05) is 64.1 Å². The molecule has 0 aliphatic carbocycles. The maximum atomic E-state index is 6.21. The van der Waals surface area contributed by atoms with Crippen LogP contribution in [0.5, 0.6) is 5.75 Å². The fourth-order valence-corrected chi connectivity index (χ4v) is 3.38. The molecule has 27 heavy (non-hydrogen) atoms. The molecule has 0 aromatic heterocycles. The molecule has 0 heterocycles. The first-order valence-corrected chi connectivity index (χ1v) is 9.85. The monoisotopic (exact) mass is 459 g/mol. The Morgan fingerprint density at radius 1 is 0.667 bits per heavy atom.